The number of anilines is 1. The number of non-ortho nitro benzene ring substituents is 1. The molecule has 4 aromatic rings. The van der Waals surface area contributed by atoms with Crippen LogP contribution in [0.3, 0.4) is 0 Å². The van der Waals surface area contributed by atoms with Crippen molar-refractivity contribution in [3.05, 3.63) is 93.2 Å². The minimum Gasteiger partial charge on any atom is -0.307 e. The fourth-order valence-corrected chi connectivity index (χ4v) is 5.13. The molecule has 1 heterocycles. The molecule has 162 valence electrons. The summed E-state index contributed by atoms with van der Waals surface area (Å²) >= 11 is 8.77. The first kappa shape index (κ1) is 22.2. The number of halogens is 2. The Hall–Kier alpha value is -3.01. The number of benzene rings is 3. The summed E-state index contributed by atoms with van der Waals surface area (Å²) in [6.45, 7) is 0.113. The summed E-state index contributed by atoms with van der Waals surface area (Å²) < 4.78 is 15.1. The fraction of sp³-hybridized carbons (Fsp3) is 0.0909. The van der Waals surface area contributed by atoms with Crippen LogP contribution in [0.4, 0.5) is 15.8 Å². The first-order valence-electron chi connectivity index (χ1n) is 9.37. The lowest BCUT2D eigenvalue weighted by atomic mass is 10.1. The third-order valence-corrected chi connectivity index (χ3v) is 6.95. The third kappa shape index (κ3) is 5.24. The van der Waals surface area contributed by atoms with E-state index in [0.717, 1.165) is 14.6 Å². The molecule has 1 aromatic heterocycles. The predicted octanol–water partition coefficient (Wildman–Crippen LogP) is 6.32. The van der Waals surface area contributed by atoms with Crippen molar-refractivity contribution in [2.75, 3.05) is 10.7 Å². The number of rotatable bonds is 7. The number of thioether (sulfide) groups is 1. The molecule has 0 saturated heterocycles. The van der Waals surface area contributed by atoms with Gasteiger partial charge in [0.15, 0.2) is 4.34 Å². The Morgan fingerprint density at radius 2 is 1.94 bits per heavy atom. The van der Waals surface area contributed by atoms with Gasteiger partial charge in [0.1, 0.15) is 5.82 Å². The Morgan fingerprint density at radius 3 is 2.69 bits per heavy atom. The third-order valence-electron chi connectivity index (χ3n) is 4.55. The van der Waals surface area contributed by atoms with Crippen LogP contribution >= 0.6 is 34.7 Å². The van der Waals surface area contributed by atoms with Crippen molar-refractivity contribution >= 4 is 62.2 Å². The maximum atomic E-state index is 13.4. The van der Waals surface area contributed by atoms with E-state index in [0.29, 0.717) is 16.3 Å². The summed E-state index contributed by atoms with van der Waals surface area (Å²) in [7, 11) is 0. The van der Waals surface area contributed by atoms with Crippen LogP contribution in [0, 0.1) is 15.9 Å². The van der Waals surface area contributed by atoms with E-state index in [2.05, 4.69) is 4.98 Å². The molecule has 0 bridgehead atoms. The summed E-state index contributed by atoms with van der Waals surface area (Å²) in [5, 5.41) is 11.7. The van der Waals surface area contributed by atoms with Crippen molar-refractivity contribution in [1.82, 2.24) is 4.98 Å². The van der Waals surface area contributed by atoms with Crippen LogP contribution in [-0.4, -0.2) is 21.6 Å². The summed E-state index contributed by atoms with van der Waals surface area (Å²) in [4.78, 5) is 29.7. The van der Waals surface area contributed by atoms with Gasteiger partial charge in [-0.05, 0) is 48.0 Å². The van der Waals surface area contributed by atoms with Crippen LogP contribution < -0.4 is 4.90 Å². The molecule has 0 aliphatic carbocycles. The number of nitrogens with zero attached hydrogens (tertiary/aromatic N) is 3. The highest BCUT2D eigenvalue weighted by atomic mass is 35.5. The van der Waals surface area contributed by atoms with Crippen molar-refractivity contribution in [1.29, 1.82) is 0 Å². The second-order valence-electron chi connectivity index (χ2n) is 6.76. The number of amides is 1. The molecule has 6 nitrogen and oxygen atoms in total. The molecule has 32 heavy (non-hydrogen) atoms. The molecule has 3 aromatic carbocycles. The van der Waals surface area contributed by atoms with Crippen molar-refractivity contribution in [2.45, 2.75) is 10.9 Å². The maximum absolute atomic E-state index is 13.4. The van der Waals surface area contributed by atoms with Gasteiger partial charge in [-0.3, -0.25) is 14.9 Å². The number of aromatic nitrogens is 1. The fourth-order valence-electron chi connectivity index (χ4n) is 3.04. The van der Waals surface area contributed by atoms with E-state index in [-0.39, 0.29) is 23.9 Å². The first-order chi connectivity index (χ1) is 15.4. The van der Waals surface area contributed by atoms with Gasteiger partial charge in [-0.2, -0.15) is 0 Å². The maximum Gasteiger partial charge on any atom is 0.269 e. The van der Waals surface area contributed by atoms with Gasteiger partial charge in [0.05, 0.1) is 27.4 Å². The van der Waals surface area contributed by atoms with Crippen LogP contribution in [0.15, 0.2) is 71.1 Å². The Labute approximate surface area is 195 Å². The molecule has 4 rings (SSSR count). The molecule has 0 unspecified atom stereocenters. The SMILES string of the molecule is O=C(CSc1nc2cc(Cl)ccc2s1)N(Cc1cccc([N+](=O)[O-])c1)c1ccc(F)cc1. The average molecular weight is 488 g/mol. The van der Waals surface area contributed by atoms with Gasteiger partial charge < -0.3 is 4.90 Å². The van der Waals surface area contributed by atoms with Gasteiger partial charge in [-0.25, -0.2) is 9.37 Å². The molecule has 0 atom stereocenters. The first-order valence-corrected chi connectivity index (χ1v) is 11.6. The van der Waals surface area contributed by atoms with Gasteiger partial charge in [0, 0.05) is 22.8 Å². The summed E-state index contributed by atoms with van der Waals surface area (Å²) in [6.07, 6.45) is 0. The molecule has 0 fully saturated rings. The van der Waals surface area contributed by atoms with E-state index in [9.17, 15) is 19.3 Å². The van der Waals surface area contributed by atoms with Gasteiger partial charge in [-0.15, -0.1) is 11.3 Å². The normalized spacial score (nSPS) is 10.9. The second-order valence-corrected chi connectivity index (χ2v) is 9.45. The number of hydrogen-bond acceptors (Lipinski definition) is 6. The van der Waals surface area contributed by atoms with Crippen LogP contribution in [0.25, 0.3) is 10.2 Å². The van der Waals surface area contributed by atoms with Crippen molar-refractivity contribution in [2.24, 2.45) is 0 Å². The second kappa shape index (κ2) is 9.64. The largest absolute Gasteiger partial charge is 0.307 e. The number of nitro benzene ring substituents is 1. The zero-order chi connectivity index (χ0) is 22.7. The number of fused-ring (bicyclic) bond motifs is 1. The topological polar surface area (TPSA) is 76.3 Å². The lowest BCUT2D eigenvalue weighted by Crippen LogP contribution is -2.32. The van der Waals surface area contributed by atoms with E-state index in [1.807, 2.05) is 6.07 Å². The summed E-state index contributed by atoms with van der Waals surface area (Å²) in [6, 6.07) is 17.1. The van der Waals surface area contributed by atoms with Gasteiger partial charge in [0.25, 0.3) is 5.69 Å². The number of nitro groups is 1. The molecule has 0 aliphatic rings. The highest BCUT2D eigenvalue weighted by molar-refractivity contribution is 8.01. The van der Waals surface area contributed by atoms with Crippen LogP contribution in [-0.2, 0) is 11.3 Å². The number of carbonyl (C=O) groups is 1. The summed E-state index contributed by atoms with van der Waals surface area (Å²) in [5.41, 5.74) is 1.80. The van der Waals surface area contributed by atoms with E-state index in [4.69, 9.17) is 11.6 Å². The van der Waals surface area contributed by atoms with Crippen LogP contribution in [0.5, 0.6) is 0 Å². The van der Waals surface area contributed by atoms with Crippen LogP contribution in [0.2, 0.25) is 5.02 Å². The number of carbonyl (C=O) groups excluding carboxylic acids is 1. The molecule has 0 N–H and O–H groups in total. The standard InChI is InChI=1S/C22H15ClFN3O3S2/c23-15-4-9-20-19(11-15)25-22(32-20)31-13-21(28)26(17-7-5-16(24)6-8-17)12-14-2-1-3-18(10-14)27(29)30/h1-11H,12-13H2. The zero-order valence-electron chi connectivity index (χ0n) is 16.4. The van der Waals surface area contributed by atoms with Crippen molar-refractivity contribution < 1.29 is 14.1 Å². The predicted molar refractivity (Wildman–Crippen MR) is 126 cm³/mol. The smallest absolute Gasteiger partial charge is 0.269 e. The lowest BCUT2D eigenvalue weighted by Gasteiger charge is -2.23. The van der Waals surface area contributed by atoms with Gasteiger partial charge in [-0.1, -0.05) is 35.5 Å². The molecule has 10 heteroatoms. The van der Waals surface area contributed by atoms with Gasteiger partial charge in [0.2, 0.25) is 5.91 Å². The molecule has 0 aliphatic heterocycles. The minimum absolute atomic E-state index is 0.0588. The van der Waals surface area contributed by atoms with E-state index in [1.165, 1.54) is 64.4 Å². The quantitative estimate of drug-likeness (QED) is 0.173. The Morgan fingerprint density at radius 1 is 1.16 bits per heavy atom. The van der Waals surface area contributed by atoms with E-state index in [1.54, 1.807) is 24.3 Å². The molecule has 0 spiro atoms. The highest BCUT2D eigenvalue weighted by Gasteiger charge is 2.19. The van der Waals surface area contributed by atoms with E-state index < -0.39 is 10.7 Å². The average Bonchev–Trinajstić information content (AvgIpc) is 3.19. The monoisotopic (exact) mass is 487 g/mol. The Kier molecular flexibility index (Phi) is 6.69. The van der Waals surface area contributed by atoms with Crippen molar-refractivity contribution in [3.63, 3.8) is 0 Å². The molecule has 0 radical (unpaired) electrons. The minimum atomic E-state index is -0.483. The van der Waals surface area contributed by atoms with Crippen molar-refractivity contribution in [3.8, 4) is 0 Å². The molecular weight excluding hydrogens is 473 g/mol. The van der Waals surface area contributed by atoms with Gasteiger partial charge >= 0.3 is 0 Å². The Balaban J connectivity index is 1.55. The number of hydrogen-bond donors (Lipinski definition) is 0. The van der Waals surface area contributed by atoms with E-state index >= 15 is 0 Å². The molecule has 0 saturated carbocycles. The molecular formula is C22H15ClFN3O3S2. The van der Waals surface area contributed by atoms with Crippen LogP contribution in [0.1, 0.15) is 5.56 Å². The highest BCUT2D eigenvalue weighted by Crippen LogP contribution is 2.31. The lowest BCUT2D eigenvalue weighted by molar-refractivity contribution is -0.384. The Bertz CT molecular complexity index is 1300. The molecule has 1 amide bonds. The number of thiazole rings is 1. The summed E-state index contributed by atoms with van der Waals surface area (Å²) in [5.74, 6) is -0.552. The zero-order valence-corrected chi connectivity index (χ0v) is 18.8.